The van der Waals surface area contributed by atoms with Crippen molar-refractivity contribution < 1.29 is 9.84 Å². The lowest BCUT2D eigenvalue weighted by Crippen LogP contribution is -2.43. The van der Waals surface area contributed by atoms with Crippen LogP contribution in [-0.4, -0.2) is 28.2 Å². The van der Waals surface area contributed by atoms with Crippen LogP contribution in [0.2, 0.25) is 0 Å². The van der Waals surface area contributed by atoms with Crippen molar-refractivity contribution in [2.24, 2.45) is 4.99 Å². The average Bonchev–Trinajstić information content (AvgIpc) is 1.79. The summed E-state index contributed by atoms with van der Waals surface area (Å²) in [6.45, 7) is 9.50. The van der Waals surface area contributed by atoms with Gasteiger partial charge in [-0.25, -0.2) is 4.99 Å². The highest BCUT2D eigenvalue weighted by Crippen LogP contribution is 2.26. The monoisotopic (exact) mass is 185 g/mol. The minimum Gasteiger partial charge on any atom is -0.476 e. The Kier molecular flexibility index (Phi) is 2.41. The smallest absolute Gasteiger partial charge is 0.216 e. The van der Waals surface area contributed by atoms with E-state index in [1.807, 2.05) is 6.92 Å². The highest BCUT2D eigenvalue weighted by Gasteiger charge is 2.34. The van der Waals surface area contributed by atoms with Crippen LogP contribution in [0.25, 0.3) is 0 Å². The van der Waals surface area contributed by atoms with Crippen LogP contribution in [0.15, 0.2) is 4.99 Å². The molecule has 0 spiro atoms. The van der Waals surface area contributed by atoms with Gasteiger partial charge >= 0.3 is 0 Å². The van der Waals surface area contributed by atoms with Gasteiger partial charge in [0.25, 0.3) is 0 Å². The third-order valence-electron chi connectivity index (χ3n) is 2.03. The first-order valence-corrected chi connectivity index (χ1v) is 4.70. The van der Waals surface area contributed by atoms with Gasteiger partial charge in [-0.3, -0.25) is 0 Å². The average molecular weight is 185 g/mol. The summed E-state index contributed by atoms with van der Waals surface area (Å²) in [5, 5.41) is 9.74. The fraction of sp³-hybridized carbons (Fsp3) is 0.900. The van der Waals surface area contributed by atoms with Gasteiger partial charge in [-0.2, -0.15) is 0 Å². The van der Waals surface area contributed by atoms with E-state index >= 15 is 0 Å². The standard InChI is InChI=1S/C10H19NO2/c1-7-6-9(2,3)11-8(13-7)10(4,5)12/h7,12H,6H2,1-5H3. The number of aliphatic hydroxyl groups is 1. The van der Waals surface area contributed by atoms with Crippen LogP contribution >= 0.6 is 0 Å². The van der Waals surface area contributed by atoms with Crippen LogP contribution in [-0.2, 0) is 4.74 Å². The van der Waals surface area contributed by atoms with Crippen molar-refractivity contribution in [1.29, 1.82) is 0 Å². The van der Waals surface area contributed by atoms with Gasteiger partial charge in [-0.15, -0.1) is 0 Å². The number of ether oxygens (including phenoxy) is 1. The van der Waals surface area contributed by atoms with Crippen molar-refractivity contribution in [3.8, 4) is 0 Å². The quantitative estimate of drug-likeness (QED) is 0.676. The molecule has 0 radical (unpaired) electrons. The first kappa shape index (κ1) is 10.5. The van der Waals surface area contributed by atoms with Crippen LogP contribution in [0.4, 0.5) is 0 Å². The van der Waals surface area contributed by atoms with Gasteiger partial charge in [-0.05, 0) is 34.6 Å². The second kappa shape index (κ2) is 2.98. The minimum absolute atomic E-state index is 0.118. The summed E-state index contributed by atoms with van der Waals surface area (Å²) < 4.78 is 5.49. The normalized spacial score (nSPS) is 27.8. The van der Waals surface area contributed by atoms with Crippen LogP contribution in [0, 0.1) is 0 Å². The number of hydrogen-bond acceptors (Lipinski definition) is 3. The Bertz CT molecular complexity index is 226. The number of hydrogen-bond donors (Lipinski definition) is 1. The lowest BCUT2D eigenvalue weighted by Gasteiger charge is -2.35. The predicted molar refractivity (Wildman–Crippen MR) is 53.0 cm³/mol. The largest absolute Gasteiger partial charge is 0.476 e. The fourth-order valence-electron chi connectivity index (χ4n) is 1.56. The molecule has 1 atom stereocenters. The molecule has 0 saturated heterocycles. The molecule has 0 bridgehead atoms. The zero-order valence-corrected chi connectivity index (χ0v) is 9.09. The van der Waals surface area contributed by atoms with Gasteiger partial charge in [0.05, 0.1) is 11.6 Å². The van der Waals surface area contributed by atoms with Crippen molar-refractivity contribution in [3.05, 3.63) is 0 Å². The maximum absolute atomic E-state index is 9.74. The molecule has 0 amide bonds. The predicted octanol–water partition coefficient (Wildman–Crippen LogP) is 1.74. The van der Waals surface area contributed by atoms with E-state index in [2.05, 4.69) is 18.8 Å². The Hall–Kier alpha value is -0.570. The molecule has 0 saturated carbocycles. The topological polar surface area (TPSA) is 41.8 Å². The molecule has 0 aromatic heterocycles. The molecule has 0 aromatic carbocycles. The van der Waals surface area contributed by atoms with Gasteiger partial charge in [0.2, 0.25) is 5.90 Å². The molecule has 3 heteroatoms. The molecule has 1 rings (SSSR count). The first-order valence-electron chi connectivity index (χ1n) is 4.70. The second-order valence-corrected chi connectivity index (χ2v) is 4.92. The van der Waals surface area contributed by atoms with Crippen LogP contribution in [0.3, 0.4) is 0 Å². The summed E-state index contributed by atoms with van der Waals surface area (Å²) in [5.74, 6) is 0.455. The van der Waals surface area contributed by atoms with Crippen molar-refractivity contribution >= 4 is 5.90 Å². The molecule has 3 nitrogen and oxygen atoms in total. The van der Waals surface area contributed by atoms with E-state index in [-0.39, 0.29) is 11.6 Å². The number of rotatable bonds is 1. The Balaban J connectivity index is 2.92. The maximum Gasteiger partial charge on any atom is 0.216 e. The lowest BCUT2D eigenvalue weighted by atomic mass is 9.95. The van der Waals surface area contributed by atoms with E-state index in [1.165, 1.54) is 0 Å². The SMILES string of the molecule is CC1CC(C)(C)N=C(C(C)(C)O)O1. The molecular formula is C10H19NO2. The number of nitrogens with zero attached hydrogens (tertiary/aromatic N) is 1. The summed E-state index contributed by atoms with van der Waals surface area (Å²) in [5.41, 5.74) is -1.08. The van der Waals surface area contributed by atoms with Crippen LogP contribution in [0.5, 0.6) is 0 Å². The van der Waals surface area contributed by atoms with Gasteiger partial charge < -0.3 is 9.84 Å². The van der Waals surface area contributed by atoms with Crippen molar-refractivity contribution in [2.45, 2.75) is 58.3 Å². The molecule has 0 aliphatic carbocycles. The van der Waals surface area contributed by atoms with Gasteiger partial charge in [0, 0.05) is 6.42 Å². The molecule has 1 aliphatic heterocycles. The van der Waals surface area contributed by atoms with Crippen molar-refractivity contribution in [2.75, 3.05) is 0 Å². The maximum atomic E-state index is 9.74. The zero-order valence-electron chi connectivity index (χ0n) is 9.09. The van der Waals surface area contributed by atoms with E-state index in [9.17, 15) is 5.11 Å². The van der Waals surface area contributed by atoms with E-state index in [1.54, 1.807) is 13.8 Å². The van der Waals surface area contributed by atoms with Crippen LogP contribution < -0.4 is 0 Å². The van der Waals surface area contributed by atoms with Gasteiger partial charge in [0.15, 0.2) is 0 Å². The Morgan fingerprint density at radius 1 is 1.54 bits per heavy atom. The lowest BCUT2D eigenvalue weighted by molar-refractivity contribution is 0.0671. The Morgan fingerprint density at radius 3 is 2.46 bits per heavy atom. The zero-order chi connectivity index (χ0) is 10.3. The molecule has 1 aliphatic rings. The third-order valence-corrected chi connectivity index (χ3v) is 2.03. The molecule has 1 heterocycles. The minimum atomic E-state index is -0.966. The first-order chi connectivity index (χ1) is 5.71. The van der Waals surface area contributed by atoms with Gasteiger partial charge in [-0.1, -0.05) is 0 Å². The summed E-state index contributed by atoms with van der Waals surface area (Å²) in [6.07, 6.45) is 1.03. The van der Waals surface area contributed by atoms with E-state index in [0.29, 0.717) is 5.90 Å². The third kappa shape index (κ3) is 2.69. The van der Waals surface area contributed by atoms with E-state index in [0.717, 1.165) is 6.42 Å². The van der Waals surface area contributed by atoms with Gasteiger partial charge in [0.1, 0.15) is 5.60 Å². The summed E-state index contributed by atoms with van der Waals surface area (Å²) >= 11 is 0. The second-order valence-electron chi connectivity index (χ2n) is 4.92. The number of aliphatic imine (C=N–C) groups is 1. The van der Waals surface area contributed by atoms with Crippen molar-refractivity contribution in [1.82, 2.24) is 0 Å². The summed E-state index contributed by atoms with van der Waals surface area (Å²) in [4.78, 5) is 4.38. The summed E-state index contributed by atoms with van der Waals surface area (Å²) in [6, 6.07) is 0. The molecule has 0 aromatic rings. The molecule has 76 valence electrons. The van der Waals surface area contributed by atoms with Crippen molar-refractivity contribution in [3.63, 3.8) is 0 Å². The fourth-order valence-corrected chi connectivity index (χ4v) is 1.56. The Morgan fingerprint density at radius 2 is 2.08 bits per heavy atom. The molecule has 1 N–H and O–H groups in total. The van der Waals surface area contributed by atoms with E-state index < -0.39 is 5.60 Å². The molecular weight excluding hydrogens is 166 g/mol. The summed E-state index contributed by atoms with van der Waals surface area (Å²) in [7, 11) is 0. The highest BCUT2D eigenvalue weighted by molar-refractivity contribution is 5.85. The highest BCUT2D eigenvalue weighted by atomic mass is 16.5. The Labute approximate surface area is 79.8 Å². The molecule has 1 unspecified atom stereocenters. The van der Waals surface area contributed by atoms with Crippen LogP contribution in [0.1, 0.15) is 41.0 Å². The molecule has 0 fully saturated rings. The van der Waals surface area contributed by atoms with E-state index in [4.69, 9.17) is 4.74 Å². The molecule has 13 heavy (non-hydrogen) atoms.